The molecule has 0 saturated carbocycles. The van der Waals surface area contributed by atoms with E-state index < -0.39 is 17.8 Å². The van der Waals surface area contributed by atoms with E-state index in [1.807, 2.05) is 0 Å². The predicted octanol–water partition coefficient (Wildman–Crippen LogP) is 2.50. The van der Waals surface area contributed by atoms with Crippen LogP contribution in [0.5, 0.6) is 0 Å². The molecule has 0 amide bonds. The summed E-state index contributed by atoms with van der Waals surface area (Å²) in [5.41, 5.74) is 0.117. The maximum absolute atomic E-state index is 12.7. The van der Waals surface area contributed by atoms with Crippen LogP contribution in [0.4, 0.5) is 13.2 Å². The summed E-state index contributed by atoms with van der Waals surface area (Å²) in [6, 6.07) is 5.54. The summed E-state index contributed by atoms with van der Waals surface area (Å²) >= 11 is 0. The molecule has 2 rings (SSSR count). The van der Waals surface area contributed by atoms with Crippen molar-refractivity contribution in [2.45, 2.75) is 24.6 Å². The number of β-amino-alcohol motifs (C(OH)–C–C–N with tert-alkyl or cyclic N) is 1. The summed E-state index contributed by atoms with van der Waals surface area (Å²) in [7, 11) is 1.53. The molecule has 1 N–H and O–H groups in total. The summed E-state index contributed by atoms with van der Waals surface area (Å²) in [6.07, 6.45) is -4.06. The Morgan fingerprint density at radius 3 is 2.86 bits per heavy atom. The van der Waals surface area contributed by atoms with Crippen molar-refractivity contribution < 1.29 is 23.0 Å². The topological polar surface area (TPSA) is 32.7 Å². The summed E-state index contributed by atoms with van der Waals surface area (Å²) in [6.45, 7) is 2.21. The van der Waals surface area contributed by atoms with Crippen molar-refractivity contribution in [3.8, 4) is 0 Å². The van der Waals surface area contributed by atoms with Gasteiger partial charge < -0.3 is 14.7 Å². The predicted molar refractivity (Wildman–Crippen MR) is 73.1 cm³/mol. The first-order valence-electron chi connectivity index (χ1n) is 6.96. The molecule has 1 aromatic carbocycles. The molecule has 1 aliphatic heterocycles. The molecule has 0 aromatic heterocycles. The fourth-order valence-electron chi connectivity index (χ4n) is 2.78. The number of likely N-dealkylation sites (tertiary alicyclic amines) is 1. The molecule has 21 heavy (non-hydrogen) atoms. The van der Waals surface area contributed by atoms with Gasteiger partial charge in [0.2, 0.25) is 0 Å². The molecule has 0 aliphatic carbocycles. The monoisotopic (exact) mass is 303 g/mol. The van der Waals surface area contributed by atoms with E-state index in [9.17, 15) is 18.3 Å². The van der Waals surface area contributed by atoms with E-state index in [0.717, 1.165) is 19.0 Å². The number of aliphatic hydroxyl groups excluding tert-OH is 1. The van der Waals surface area contributed by atoms with Gasteiger partial charge in [0, 0.05) is 20.2 Å². The number of alkyl halides is 3. The first-order valence-corrected chi connectivity index (χ1v) is 6.96. The standard InChI is InChI=1S/C15H20F3NO2/c1-21-10-14(20)9-19-6-5-12(8-19)11-3-2-4-13(7-11)15(16,17)18/h2-4,7,12,14,20H,5-6,8-10H2,1H3/t12-,14+/m0/s1. The smallest absolute Gasteiger partial charge is 0.389 e. The third kappa shape index (κ3) is 4.43. The molecular formula is C15H20F3NO2. The Hall–Kier alpha value is -1.11. The Balaban J connectivity index is 1.98. The molecular weight excluding hydrogens is 283 g/mol. The normalized spacial score (nSPS) is 21.7. The number of rotatable bonds is 5. The van der Waals surface area contributed by atoms with Crippen molar-refractivity contribution in [3.05, 3.63) is 35.4 Å². The Bertz CT molecular complexity index is 464. The van der Waals surface area contributed by atoms with Gasteiger partial charge in [0.25, 0.3) is 0 Å². The third-order valence-corrected chi connectivity index (χ3v) is 3.79. The molecule has 1 saturated heterocycles. The van der Waals surface area contributed by atoms with Crippen LogP contribution in [-0.2, 0) is 10.9 Å². The largest absolute Gasteiger partial charge is 0.416 e. The lowest BCUT2D eigenvalue weighted by Crippen LogP contribution is -2.33. The van der Waals surface area contributed by atoms with Crippen molar-refractivity contribution in [1.29, 1.82) is 0 Å². The minimum Gasteiger partial charge on any atom is -0.389 e. The van der Waals surface area contributed by atoms with Crippen LogP contribution in [0.15, 0.2) is 24.3 Å². The number of benzene rings is 1. The van der Waals surface area contributed by atoms with Crippen molar-refractivity contribution in [2.75, 3.05) is 33.4 Å². The average molecular weight is 303 g/mol. The van der Waals surface area contributed by atoms with E-state index >= 15 is 0 Å². The first kappa shape index (κ1) is 16.3. The Kier molecular flexibility index (Phi) is 5.24. The molecule has 1 heterocycles. The zero-order valence-corrected chi connectivity index (χ0v) is 11.9. The van der Waals surface area contributed by atoms with Crippen molar-refractivity contribution in [2.24, 2.45) is 0 Å². The van der Waals surface area contributed by atoms with Crippen molar-refractivity contribution >= 4 is 0 Å². The second kappa shape index (κ2) is 6.77. The molecule has 0 bridgehead atoms. The van der Waals surface area contributed by atoms with Crippen LogP contribution in [0.1, 0.15) is 23.5 Å². The van der Waals surface area contributed by atoms with E-state index in [4.69, 9.17) is 4.74 Å². The van der Waals surface area contributed by atoms with E-state index in [1.165, 1.54) is 19.2 Å². The van der Waals surface area contributed by atoms with Crippen LogP contribution in [-0.4, -0.2) is 49.5 Å². The molecule has 2 atom stereocenters. The van der Waals surface area contributed by atoms with Crippen molar-refractivity contribution in [1.82, 2.24) is 4.90 Å². The van der Waals surface area contributed by atoms with Gasteiger partial charge in [-0.1, -0.05) is 18.2 Å². The van der Waals surface area contributed by atoms with Gasteiger partial charge in [-0.05, 0) is 30.5 Å². The molecule has 1 aliphatic rings. The fourth-order valence-corrected chi connectivity index (χ4v) is 2.78. The molecule has 118 valence electrons. The van der Waals surface area contributed by atoms with Crippen LogP contribution in [0.2, 0.25) is 0 Å². The average Bonchev–Trinajstić information content (AvgIpc) is 2.86. The minimum absolute atomic E-state index is 0.0852. The highest BCUT2D eigenvalue weighted by Crippen LogP contribution is 2.33. The molecule has 3 nitrogen and oxygen atoms in total. The van der Waals surface area contributed by atoms with Gasteiger partial charge in [-0.25, -0.2) is 0 Å². The lowest BCUT2D eigenvalue weighted by molar-refractivity contribution is -0.137. The van der Waals surface area contributed by atoms with E-state index in [1.54, 1.807) is 6.07 Å². The van der Waals surface area contributed by atoms with Gasteiger partial charge in [0.05, 0.1) is 18.3 Å². The van der Waals surface area contributed by atoms with Gasteiger partial charge >= 0.3 is 6.18 Å². The lowest BCUT2D eigenvalue weighted by Gasteiger charge is -2.20. The SMILES string of the molecule is COC[C@H](O)CN1CC[C@H](c2cccc(C(F)(F)F)c2)C1. The maximum Gasteiger partial charge on any atom is 0.416 e. The quantitative estimate of drug-likeness (QED) is 0.907. The number of nitrogens with zero attached hydrogens (tertiary/aromatic N) is 1. The molecule has 0 spiro atoms. The van der Waals surface area contributed by atoms with Crippen LogP contribution < -0.4 is 0 Å². The Labute approximate surface area is 122 Å². The lowest BCUT2D eigenvalue weighted by atomic mass is 9.96. The highest BCUT2D eigenvalue weighted by Gasteiger charge is 2.32. The molecule has 6 heteroatoms. The second-order valence-corrected chi connectivity index (χ2v) is 5.48. The van der Waals surface area contributed by atoms with Gasteiger partial charge in [0.1, 0.15) is 0 Å². The van der Waals surface area contributed by atoms with Crippen molar-refractivity contribution in [3.63, 3.8) is 0 Å². The van der Waals surface area contributed by atoms with E-state index in [2.05, 4.69) is 4.90 Å². The zero-order chi connectivity index (χ0) is 15.5. The van der Waals surface area contributed by atoms with Gasteiger partial charge in [0.15, 0.2) is 0 Å². The Morgan fingerprint density at radius 2 is 2.19 bits per heavy atom. The highest BCUT2D eigenvalue weighted by atomic mass is 19.4. The summed E-state index contributed by atoms with van der Waals surface area (Å²) in [5, 5.41) is 9.70. The van der Waals surface area contributed by atoms with Gasteiger partial charge in [-0.15, -0.1) is 0 Å². The number of hydrogen-bond acceptors (Lipinski definition) is 3. The van der Waals surface area contributed by atoms with Crippen LogP contribution >= 0.6 is 0 Å². The first-order chi connectivity index (χ1) is 9.90. The summed E-state index contributed by atoms with van der Waals surface area (Å²) < 4.78 is 43.1. The van der Waals surface area contributed by atoms with Crippen LogP contribution in [0, 0.1) is 0 Å². The molecule has 0 radical (unpaired) electrons. The molecule has 1 fully saturated rings. The highest BCUT2D eigenvalue weighted by molar-refractivity contribution is 5.29. The maximum atomic E-state index is 12.7. The number of hydrogen-bond donors (Lipinski definition) is 1. The number of halogens is 3. The third-order valence-electron chi connectivity index (χ3n) is 3.79. The Morgan fingerprint density at radius 1 is 1.43 bits per heavy atom. The van der Waals surface area contributed by atoms with E-state index in [-0.39, 0.29) is 12.5 Å². The number of aliphatic hydroxyl groups is 1. The fraction of sp³-hybridized carbons (Fsp3) is 0.600. The van der Waals surface area contributed by atoms with Crippen LogP contribution in [0.3, 0.4) is 0 Å². The number of ether oxygens (including phenoxy) is 1. The molecule has 1 aromatic rings. The van der Waals surface area contributed by atoms with Gasteiger partial charge in [-0.3, -0.25) is 0 Å². The second-order valence-electron chi connectivity index (χ2n) is 5.48. The minimum atomic E-state index is -4.30. The van der Waals surface area contributed by atoms with Gasteiger partial charge in [-0.2, -0.15) is 13.2 Å². The number of methoxy groups -OCH3 is 1. The van der Waals surface area contributed by atoms with E-state index in [0.29, 0.717) is 18.7 Å². The summed E-state index contributed by atoms with van der Waals surface area (Å²) in [4.78, 5) is 2.06. The summed E-state index contributed by atoms with van der Waals surface area (Å²) in [5.74, 6) is 0.0852. The van der Waals surface area contributed by atoms with Crippen LogP contribution in [0.25, 0.3) is 0 Å². The molecule has 0 unspecified atom stereocenters. The zero-order valence-electron chi connectivity index (χ0n) is 11.9.